The van der Waals surface area contributed by atoms with Gasteiger partial charge in [-0.05, 0) is 6.07 Å². The van der Waals surface area contributed by atoms with Crippen molar-refractivity contribution < 1.29 is 4.79 Å². The van der Waals surface area contributed by atoms with Gasteiger partial charge >= 0.3 is 0 Å². The molecule has 0 unspecified atom stereocenters. The van der Waals surface area contributed by atoms with E-state index in [1.807, 2.05) is 6.07 Å². The average Bonchev–Trinajstić information content (AvgIpc) is 2.19. The van der Waals surface area contributed by atoms with E-state index >= 15 is 0 Å². The first-order valence-electron chi connectivity index (χ1n) is 4.00. The van der Waals surface area contributed by atoms with Crippen LogP contribution in [0.2, 0.25) is 0 Å². The summed E-state index contributed by atoms with van der Waals surface area (Å²) >= 11 is 0. The third-order valence-corrected chi connectivity index (χ3v) is 1.93. The Kier molecular flexibility index (Phi) is 1.97. The number of pyridine rings is 1. The van der Waals surface area contributed by atoms with E-state index in [9.17, 15) is 9.59 Å². The van der Waals surface area contributed by atoms with Crippen LogP contribution in [0.1, 0.15) is 0 Å². The van der Waals surface area contributed by atoms with Crippen LogP contribution in [0.4, 0.5) is 5.69 Å². The van der Waals surface area contributed by atoms with Crippen LogP contribution < -0.4 is 5.56 Å². The summed E-state index contributed by atoms with van der Waals surface area (Å²) in [4.78, 5) is 27.2. The standard InChI is InChI=1S/C10H6N2O2/c13-6-12-9-3-1-2-7-5-11-10(14)4-8(7)9/h1-5H,(H,11,14). The van der Waals surface area contributed by atoms with Crippen LogP contribution in [0.5, 0.6) is 0 Å². The first-order valence-corrected chi connectivity index (χ1v) is 4.00. The molecule has 0 radical (unpaired) electrons. The lowest BCUT2D eigenvalue weighted by Crippen LogP contribution is -2.01. The van der Waals surface area contributed by atoms with Crippen molar-refractivity contribution in [3.05, 3.63) is 40.8 Å². The van der Waals surface area contributed by atoms with Gasteiger partial charge in [-0.1, -0.05) is 12.1 Å². The van der Waals surface area contributed by atoms with Crippen LogP contribution in [0.3, 0.4) is 0 Å². The quantitative estimate of drug-likeness (QED) is 0.541. The third kappa shape index (κ3) is 1.34. The number of hydrogen-bond acceptors (Lipinski definition) is 3. The van der Waals surface area contributed by atoms with Gasteiger partial charge in [-0.3, -0.25) is 4.79 Å². The molecule has 0 bridgehead atoms. The highest BCUT2D eigenvalue weighted by molar-refractivity contribution is 5.92. The molecule has 14 heavy (non-hydrogen) atoms. The van der Waals surface area contributed by atoms with Gasteiger partial charge in [0.15, 0.2) is 0 Å². The third-order valence-electron chi connectivity index (χ3n) is 1.93. The number of aliphatic imine (C=N–C) groups is 1. The topological polar surface area (TPSA) is 62.3 Å². The van der Waals surface area contributed by atoms with E-state index in [4.69, 9.17) is 0 Å². The number of H-pyrrole nitrogens is 1. The van der Waals surface area contributed by atoms with Crippen LogP contribution in [-0.2, 0) is 4.79 Å². The molecule has 0 aliphatic rings. The molecule has 0 saturated heterocycles. The molecule has 1 heterocycles. The van der Waals surface area contributed by atoms with E-state index < -0.39 is 0 Å². The van der Waals surface area contributed by atoms with Gasteiger partial charge in [0.1, 0.15) is 0 Å². The Hall–Kier alpha value is -2.19. The fourth-order valence-electron chi connectivity index (χ4n) is 1.32. The number of aromatic nitrogens is 1. The molecule has 0 fully saturated rings. The lowest BCUT2D eigenvalue weighted by molar-refractivity contribution is 0.565. The van der Waals surface area contributed by atoms with E-state index in [0.717, 1.165) is 5.39 Å². The summed E-state index contributed by atoms with van der Waals surface area (Å²) < 4.78 is 0. The molecule has 4 heteroatoms. The lowest BCUT2D eigenvalue weighted by atomic mass is 10.1. The number of aromatic amines is 1. The second-order valence-corrected chi connectivity index (χ2v) is 2.78. The number of isocyanates is 1. The molecule has 0 aliphatic heterocycles. The van der Waals surface area contributed by atoms with Crippen molar-refractivity contribution in [3.8, 4) is 0 Å². The molecule has 2 aromatic rings. The second kappa shape index (κ2) is 3.28. The summed E-state index contributed by atoms with van der Waals surface area (Å²) in [5, 5.41) is 1.49. The second-order valence-electron chi connectivity index (χ2n) is 2.78. The van der Waals surface area contributed by atoms with Gasteiger partial charge in [0.2, 0.25) is 11.6 Å². The number of carbonyl (C=O) groups excluding carboxylic acids is 1. The van der Waals surface area contributed by atoms with Gasteiger partial charge in [0, 0.05) is 23.0 Å². The Balaban J connectivity index is 2.90. The van der Waals surface area contributed by atoms with E-state index in [1.165, 1.54) is 12.1 Å². The fourth-order valence-corrected chi connectivity index (χ4v) is 1.32. The number of nitrogens with one attached hydrogen (secondary N) is 1. The van der Waals surface area contributed by atoms with Gasteiger partial charge in [-0.25, -0.2) is 4.79 Å². The zero-order valence-corrected chi connectivity index (χ0v) is 7.15. The minimum atomic E-state index is -0.217. The Morgan fingerprint density at radius 1 is 1.36 bits per heavy atom. The zero-order valence-electron chi connectivity index (χ0n) is 7.15. The molecule has 68 valence electrons. The van der Waals surface area contributed by atoms with Crippen LogP contribution in [0.25, 0.3) is 10.8 Å². The smallest absolute Gasteiger partial charge is 0.248 e. The molecular formula is C10H6N2O2. The van der Waals surface area contributed by atoms with Crippen LogP contribution >= 0.6 is 0 Å². The van der Waals surface area contributed by atoms with E-state index in [-0.39, 0.29) is 5.56 Å². The predicted octanol–water partition coefficient (Wildman–Crippen LogP) is 1.50. The van der Waals surface area contributed by atoms with Crippen molar-refractivity contribution >= 4 is 22.5 Å². The molecule has 1 aromatic heterocycles. The molecule has 0 amide bonds. The average molecular weight is 186 g/mol. The molecule has 1 N–H and O–H groups in total. The maximum atomic E-state index is 11.0. The van der Waals surface area contributed by atoms with Gasteiger partial charge < -0.3 is 4.98 Å². The molecule has 2 rings (SSSR count). The Bertz CT molecular complexity index is 580. The normalized spacial score (nSPS) is 9.71. The van der Waals surface area contributed by atoms with Crippen LogP contribution in [0, 0.1) is 0 Å². The molecule has 0 spiro atoms. The summed E-state index contributed by atoms with van der Waals surface area (Å²) in [6.45, 7) is 0. The monoisotopic (exact) mass is 186 g/mol. The van der Waals surface area contributed by atoms with Gasteiger partial charge in [-0.15, -0.1) is 0 Å². The van der Waals surface area contributed by atoms with Gasteiger partial charge in [-0.2, -0.15) is 4.99 Å². The Morgan fingerprint density at radius 2 is 2.21 bits per heavy atom. The summed E-state index contributed by atoms with van der Waals surface area (Å²) in [6, 6.07) is 6.66. The van der Waals surface area contributed by atoms with Crippen molar-refractivity contribution in [2.75, 3.05) is 0 Å². The summed E-state index contributed by atoms with van der Waals surface area (Å²) in [5.74, 6) is 0. The number of rotatable bonds is 1. The van der Waals surface area contributed by atoms with Crippen molar-refractivity contribution in [3.63, 3.8) is 0 Å². The number of nitrogens with zero attached hydrogens (tertiary/aromatic N) is 1. The minimum Gasteiger partial charge on any atom is -0.328 e. The minimum absolute atomic E-state index is 0.217. The number of benzene rings is 1. The van der Waals surface area contributed by atoms with E-state index in [1.54, 1.807) is 18.3 Å². The fraction of sp³-hybridized carbons (Fsp3) is 0. The maximum Gasteiger partial charge on any atom is 0.248 e. The van der Waals surface area contributed by atoms with Gasteiger partial charge in [0.05, 0.1) is 5.69 Å². The predicted molar refractivity (Wildman–Crippen MR) is 52.4 cm³/mol. The number of hydrogen-bond donors (Lipinski definition) is 1. The summed E-state index contributed by atoms with van der Waals surface area (Å²) in [5.41, 5.74) is 0.245. The molecule has 0 saturated carbocycles. The largest absolute Gasteiger partial charge is 0.328 e. The van der Waals surface area contributed by atoms with Crippen LogP contribution in [-0.4, -0.2) is 11.1 Å². The highest BCUT2D eigenvalue weighted by Crippen LogP contribution is 2.22. The summed E-state index contributed by atoms with van der Waals surface area (Å²) in [6.07, 6.45) is 3.04. The highest BCUT2D eigenvalue weighted by Gasteiger charge is 1.99. The summed E-state index contributed by atoms with van der Waals surface area (Å²) in [7, 11) is 0. The van der Waals surface area contributed by atoms with Crippen molar-refractivity contribution in [1.29, 1.82) is 0 Å². The first-order chi connectivity index (χ1) is 6.81. The van der Waals surface area contributed by atoms with Crippen molar-refractivity contribution in [2.24, 2.45) is 4.99 Å². The Labute approximate surface area is 78.9 Å². The van der Waals surface area contributed by atoms with Gasteiger partial charge in [0.25, 0.3) is 0 Å². The molecule has 4 nitrogen and oxygen atoms in total. The Morgan fingerprint density at radius 3 is 3.00 bits per heavy atom. The molecule has 1 aromatic carbocycles. The van der Waals surface area contributed by atoms with Crippen LogP contribution in [0.15, 0.2) is 40.2 Å². The first kappa shape index (κ1) is 8.41. The lowest BCUT2D eigenvalue weighted by Gasteiger charge is -1.98. The molecule has 0 atom stereocenters. The number of fused-ring (bicyclic) bond motifs is 1. The van der Waals surface area contributed by atoms with Crippen molar-refractivity contribution in [2.45, 2.75) is 0 Å². The zero-order chi connectivity index (χ0) is 9.97. The molecular weight excluding hydrogens is 180 g/mol. The maximum absolute atomic E-state index is 11.0. The van der Waals surface area contributed by atoms with Crippen molar-refractivity contribution in [1.82, 2.24) is 4.98 Å². The SMILES string of the molecule is O=C=Nc1cccc2c[nH]c(=O)cc12. The molecule has 0 aliphatic carbocycles. The highest BCUT2D eigenvalue weighted by atomic mass is 16.1. The van der Waals surface area contributed by atoms with E-state index in [0.29, 0.717) is 11.1 Å². The van der Waals surface area contributed by atoms with E-state index in [2.05, 4.69) is 9.98 Å².